The lowest BCUT2D eigenvalue weighted by molar-refractivity contribution is -0.144. The average Bonchev–Trinajstić information content (AvgIpc) is 2.20. The molecule has 0 radical (unpaired) electrons. The van der Waals surface area contributed by atoms with Crippen molar-refractivity contribution >= 4 is 5.97 Å². The van der Waals surface area contributed by atoms with Crippen molar-refractivity contribution in [3.05, 3.63) is 35.6 Å². The highest BCUT2D eigenvalue weighted by Gasteiger charge is 2.36. The number of rotatable bonds is 4. The second kappa shape index (κ2) is 4.43. The number of hydrogen-bond acceptors (Lipinski definition) is 1. The van der Waals surface area contributed by atoms with E-state index in [0.717, 1.165) is 0 Å². The maximum atomic E-state index is 13.0. The van der Waals surface area contributed by atoms with E-state index >= 15 is 0 Å². The van der Waals surface area contributed by atoms with Gasteiger partial charge in [-0.25, -0.2) is 4.39 Å². The quantitative estimate of drug-likeness (QED) is 0.829. The Morgan fingerprint density at radius 1 is 1.40 bits per heavy atom. The van der Waals surface area contributed by atoms with Gasteiger partial charge in [0, 0.05) is 0 Å². The SMILES string of the molecule is CCC(CC)(C(=O)O)c1cccc(F)c1. The van der Waals surface area contributed by atoms with Gasteiger partial charge in [0.1, 0.15) is 5.82 Å². The molecule has 1 N–H and O–H groups in total. The Balaban J connectivity index is 3.26. The molecule has 0 aromatic heterocycles. The van der Waals surface area contributed by atoms with Gasteiger partial charge < -0.3 is 5.11 Å². The summed E-state index contributed by atoms with van der Waals surface area (Å²) in [6, 6.07) is 5.85. The van der Waals surface area contributed by atoms with Crippen molar-refractivity contribution in [2.45, 2.75) is 32.1 Å². The standard InChI is InChI=1S/C12H15FO2/c1-3-12(4-2,11(14)15)9-6-5-7-10(13)8-9/h5-8H,3-4H2,1-2H3,(H,14,15). The summed E-state index contributed by atoms with van der Waals surface area (Å²) in [6.07, 6.45) is 0.921. The molecule has 0 heterocycles. The molecule has 0 aliphatic rings. The van der Waals surface area contributed by atoms with Gasteiger partial charge in [0.2, 0.25) is 0 Å². The Kier molecular flexibility index (Phi) is 3.45. The second-order valence-electron chi connectivity index (χ2n) is 3.60. The number of aliphatic carboxylic acids is 1. The Labute approximate surface area is 88.7 Å². The molecule has 0 saturated carbocycles. The molecule has 1 aromatic carbocycles. The van der Waals surface area contributed by atoms with Crippen molar-refractivity contribution in [3.8, 4) is 0 Å². The van der Waals surface area contributed by atoms with E-state index in [-0.39, 0.29) is 5.82 Å². The maximum Gasteiger partial charge on any atom is 0.314 e. The third-order valence-electron chi connectivity index (χ3n) is 2.99. The van der Waals surface area contributed by atoms with Gasteiger partial charge in [-0.15, -0.1) is 0 Å². The molecule has 0 amide bonds. The van der Waals surface area contributed by atoms with Crippen LogP contribution in [0.3, 0.4) is 0 Å². The van der Waals surface area contributed by atoms with Crippen molar-refractivity contribution in [3.63, 3.8) is 0 Å². The molecule has 0 unspecified atom stereocenters. The number of carbonyl (C=O) groups is 1. The smallest absolute Gasteiger partial charge is 0.314 e. The minimum Gasteiger partial charge on any atom is -0.481 e. The van der Waals surface area contributed by atoms with E-state index < -0.39 is 11.4 Å². The Morgan fingerprint density at radius 2 is 2.00 bits per heavy atom. The first-order valence-corrected chi connectivity index (χ1v) is 5.06. The fourth-order valence-corrected chi connectivity index (χ4v) is 1.87. The van der Waals surface area contributed by atoms with Crippen LogP contribution in [0.15, 0.2) is 24.3 Å². The average molecular weight is 210 g/mol. The van der Waals surface area contributed by atoms with Crippen LogP contribution in [-0.2, 0) is 10.2 Å². The molecule has 15 heavy (non-hydrogen) atoms. The van der Waals surface area contributed by atoms with E-state index in [9.17, 15) is 14.3 Å². The Bertz CT molecular complexity index is 356. The number of benzene rings is 1. The normalized spacial score (nSPS) is 11.4. The van der Waals surface area contributed by atoms with Gasteiger partial charge in [-0.2, -0.15) is 0 Å². The predicted molar refractivity (Wildman–Crippen MR) is 56.3 cm³/mol. The molecular formula is C12H15FO2. The molecule has 0 saturated heterocycles. The molecule has 0 bridgehead atoms. The monoisotopic (exact) mass is 210 g/mol. The number of carboxylic acids is 1. The number of halogens is 1. The van der Waals surface area contributed by atoms with Gasteiger partial charge in [0.15, 0.2) is 0 Å². The minimum atomic E-state index is -0.956. The van der Waals surface area contributed by atoms with Crippen molar-refractivity contribution in [1.82, 2.24) is 0 Å². The zero-order valence-electron chi connectivity index (χ0n) is 8.96. The fraction of sp³-hybridized carbons (Fsp3) is 0.417. The van der Waals surface area contributed by atoms with Crippen LogP contribution in [0.2, 0.25) is 0 Å². The Morgan fingerprint density at radius 3 is 2.40 bits per heavy atom. The van der Waals surface area contributed by atoms with E-state index in [0.29, 0.717) is 18.4 Å². The van der Waals surface area contributed by atoms with Crippen LogP contribution >= 0.6 is 0 Å². The number of hydrogen-bond donors (Lipinski definition) is 1. The first-order valence-electron chi connectivity index (χ1n) is 5.06. The summed E-state index contributed by atoms with van der Waals surface area (Å²) < 4.78 is 13.0. The molecule has 0 atom stereocenters. The highest BCUT2D eigenvalue weighted by molar-refractivity contribution is 5.81. The Hall–Kier alpha value is -1.38. The molecule has 0 spiro atoms. The first kappa shape index (κ1) is 11.7. The van der Waals surface area contributed by atoms with Crippen LogP contribution in [0, 0.1) is 5.82 Å². The molecule has 0 aliphatic heterocycles. The maximum absolute atomic E-state index is 13.0. The van der Waals surface area contributed by atoms with Crippen LogP contribution in [0.4, 0.5) is 4.39 Å². The van der Waals surface area contributed by atoms with Crippen molar-refractivity contribution in [2.24, 2.45) is 0 Å². The summed E-state index contributed by atoms with van der Waals surface area (Å²) in [4.78, 5) is 11.3. The minimum absolute atomic E-state index is 0.389. The lowest BCUT2D eigenvalue weighted by Gasteiger charge is -2.27. The third kappa shape index (κ3) is 2.01. The third-order valence-corrected chi connectivity index (χ3v) is 2.99. The lowest BCUT2D eigenvalue weighted by atomic mass is 9.76. The summed E-state index contributed by atoms with van der Waals surface area (Å²) >= 11 is 0. The highest BCUT2D eigenvalue weighted by Crippen LogP contribution is 2.32. The van der Waals surface area contributed by atoms with Gasteiger partial charge in [0.25, 0.3) is 0 Å². The molecule has 1 aromatic rings. The first-order chi connectivity index (χ1) is 7.06. The summed E-state index contributed by atoms with van der Waals surface area (Å²) in [5.41, 5.74) is -0.415. The molecule has 3 heteroatoms. The predicted octanol–water partition coefficient (Wildman–Crippen LogP) is 2.97. The molecule has 0 aliphatic carbocycles. The molecule has 1 rings (SSSR count). The lowest BCUT2D eigenvalue weighted by Crippen LogP contribution is -2.34. The van der Waals surface area contributed by atoms with Crippen LogP contribution in [-0.4, -0.2) is 11.1 Å². The zero-order valence-corrected chi connectivity index (χ0v) is 8.96. The van der Waals surface area contributed by atoms with Gasteiger partial charge >= 0.3 is 5.97 Å². The van der Waals surface area contributed by atoms with Crippen molar-refractivity contribution in [1.29, 1.82) is 0 Å². The van der Waals surface area contributed by atoms with Crippen LogP contribution in [0.25, 0.3) is 0 Å². The molecule has 82 valence electrons. The van der Waals surface area contributed by atoms with Crippen LogP contribution in [0.1, 0.15) is 32.3 Å². The van der Waals surface area contributed by atoms with E-state index in [1.807, 2.05) is 13.8 Å². The van der Waals surface area contributed by atoms with Crippen LogP contribution < -0.4 is 0 Å². The topological polar surface area (TPSA) is 37.3 Å². The van der Waals surface area contributed by atoms with E-state index in [2.05, 4.69) is 0 Å². The fourth-order valence-electron chi connectivity index (χ4n) is 1.87. The van der Waals surface area contributed by atoms with Gasteiger partial charge in [-0.05, 0) is 30.5 Å². The van der Waals surface area contributed by atoms with E-state index in [4.69, 9.17) is 0 Å². The highest BCUT2D eigenvalue weighted by atomic mass is 19.1. The zero-order chi connectivity index (χ0) is 11.5. The largest absolute Gasteiger partial charge is 0.481 e. The summed E-state index contributed by atoms with van der Waals surface area (Å²) in [7, 11) is 0. The molecular weight excluding hydrogens is 195 g/mol. The second-order valence-corrected chi connectivity index (χ2v) is 3.60. The summed E-state index contributed by atoms with van der Waals surface area (Å²) in [5, 5.41) is 9.25. The van der Waals surface area contributed by atoms with E-state index in [1.54, 1.807) is 12.1 Å². The van der Waals surface area contributed by atoms with Gasteiger partial charge in [0.05, 0.1) is 5.41 Å². The van der Waals surface area contributed by atoms with Crippen molar-refractivity contribution in [2.75, 3.05) is 0 Å². The summed E-state index contributed by atoms with van der Waals surface area (Å²) in [6.45, 7) is 3.62. The van der Waals surface area contributed by atoms with Crippen LogP contribution in [0.5, 0.6) is 0 Å². The molecule has 0 fully saturated rings. The summed E-state index contributed by atoms with van der Waals surface area (Å²) in [5.74, 6) is -1.28. The van der Waals surface area contributed by atoms with Gasteiger partial charge in [-0.1, -0.05) is 26.0 Å². The van der Waals surface area contributed by atoms with Crippen molar-refractivity contribution < 1.29 is 14.3 Å². The van der Waals surface area contributed by atoms with Gasteiger partial charge in [-0.3, -0.25) is 4.79 Å². The molecule has 2 nitrogen and oxygen atoms in total. The number of carboxylic acid groups (broad SMARTS) is 1. The van der Waals surface area contributed by atoms with E-state index in [1.165, 1.54) is 12.1 Å².